The summed E-state index contributed by atoms with van der Waals surface area (Å²) in [5, 5.41) is 0. The van der Waals surface area contributed by atoms with Crippen LogP contribution in [-0.2, 0) is 12.6 Å². The Bertz CT molecular complexity index is 1640. The molecule has 2 aliphatic rings. The van der Waals surface area contributed by atoms with Gasteiger partial charge in [0.25, 0.3) is 5.56 Å². The van der Waals surface area contributed by atoms with Gasteiger partial charge in [0.05, 0.1) is 23.4 Å². The first-order valence-corrected chi connectivity index (χ1v) is 15.5. The summed E-state index contributed by atoms with van der Waals surface area (Å²) in [6.07, 6.45) is 0.865. The van der Waals surface area contributed by atoms with E-state index in [9.17, 15) is 22.8 Å². The van der Waals surface area contributed by atoms with E-state index in [-0.39, 0.29) is 23.7 Å². The van der Waals surface area contributed by atoms with Crippen LogP contribution in [0.4, 0.5) is 18.0 Å². The summed E-state index contributed by atoms with van der Waals surface area (Å²) < 4.78 is 40.9. The summed E-state index contributed by atoms with van der Waals surface area (Å²) in [6.45, 7) is 3.86. The minimum atomic E-state index is -4.40. The van der Waals surface area contributed by atoms with Crippen LogP contribution in [0.1, 0.15) is 36.4 Å². The van der Waals surface area contributed by atoms with Gasteiger partial charge in [0.1, 0.15) is 4.70 Å². The zero-order chi connectivity index (χ0) is 30.1. The molecule has 0 bridgehead atoms. The molecule has 2 fully saturated rings. The largest absolute Gasteiger partial charge is 0.416 e. The zero-order valence-electron chi connectivity index (χ0n) is 24.0. The molecule has 226 valence electrons. The predicted molar refractivity (Wildman–Crippen MR) is 162 cm³/mol. The molecule has 43 heavy (non-hydrogen) atoms. The Kier molecular flexibility index (Phi) is 8.28. The van der Waals surface area contributed by atoms with E-state index in [1.807, 2.05) is 22.9 Å². The lowest BCUT2D eigenvalue weighted by molar-refractivity contribution is -0.137. The second-order valence-electron chi connectivity index (χ2n) is 11.5. The van der Waals surface area contributed by atoms with Gasteiger partial charge < -0.3 is 14.7 Å². The van der Waals surface area contributed by atoms with Crippen LogP contribution in [0, 0.1) is 0 Å². The second kappa shape index (κ2) is 12.1. The third kappa shape index (κ3) is 6.33. The van der Waals surface area contributed by atoms with E-state index in [4.69, 9.17) is 0 Å². The number of likely N-dealkylation sites (tertiary alicyclic amines) is 2. The molecule has 4 heterocycles. The van der Waals surface area contributed by atoms with E-state index in [1.165, 1.54) is 35.4 Å². The summed E-state index contributed by atoms with van der Waals surface area (Å²) in [7, 11) is 1.88. The number of hydrogen-bond acceptors (Lipinski definition) is 5. The molecule has 2 aliphatic heterocycles. The van der Waals surface area contributed by atoms with Crippen molar-refractivity contribution in [3.05, 3.63) is 88.5 Å². The molecule has 0 saturated carbocycles. The maximum absolute atomic E-state index is 13.4. The molecule has 4 aromatic rings. The van der Waals surface area contributed by atoms with Gasteiger partial charge in [-0.2, -0.15) is 13.2 Å². The highest BCUT2D eigenvalue weighted by Crippen LogP contribution is 2.35. The Balaban J connectivity index is 1.06. The topological polar surface area (TPSA) is 61.7 Å². The summed E-state index contributed by atoms with van der Waals surface area (Å²) in [4.78, 5) is 38.1. The molecular weight excluding hydrogens is 575 g/mol. The number of benzene rings is 2. The van der Waals surface area contributed by atoms with E-state index in [2.05, 4.69) is 34.1 Å². The van der Waals surface area contributed by atoms with Gasteiger partial charge in [0, 0.05) is 44.1 Å². The van der Waals surface area contributed by atoms with Gasteiger partial charge in [0.15, 0.2) is 0 Å². The molecule has 0 aliphatic carbocycles. The van der Waals surface area contributed by atoms with Gasteiger partial charge in [-0.05, 0) is 61.6 Å². The molecular formula is C32H34F3N5O2S. The van der Waals surface area contributed by atoms with Crippen LogP contribution in [0.5, 0.6) is 0 Å². The zero-order valence-corrected chi connectivity index (χ0v) is 24.8. The number of carbonyl (C=O) groups is 1. The Morgan fingerprint density at radius 1 is 1.05 bits per heavy atom. The third-order valence-electron chi connectivity index (χ3n) is 8.67. The van der Waals surface area contributed by atoms with Gasteiger partial charge >= 0.3 is 12.2 Å². The van der Waals surface area contributed by atoms with Gasteiger partial charge in [-0.25, -0.2) is 9.78 Å². The van der Waals surface area contributed by atoms with Crippen molar-refractivity contribution >= 4 is 27.6 Å². The molecule has 2 unspecified atom stereocenters. The highest BCUT2D eigenvalue weighted by atomic mass is 32.1. The number of nitrogens with zero attached hydrogens (tertiary/aromatic N) is 5. The summed E-state index contributed by atoms with van der Waals surface area (Å²) in [5.74, 6) is 0. The highest BCUT2D eigenvalue weighted by molar-refractivity contribution is 7.22. The van der Waals surface area contributed by atoms with Crippen molar-refractivity contribution in [1.29, 1.82) is 0 Å². The maximum atomic E-state index is 13.4. The van der Waals surface area contributed by atoms with Gasteiger partial charge in [-0.15, -0.1) is 11.3 Å². The van der Waals surface area contributed by atoms with Gasteiger partial charge in [-0.3, -0.25) is 9.36 Å². The molecule has 7 nitrogen and oxygen atoms in total. The molecule has 2 aromatic heterocycles. The predicted octanol–water partition coefficient (Wildman–Crippen LogP) is 6.15. The molecule has 2 aromatic carbocycles. The van der Waals surface area contributed by atoms with E-state index in [0.717, 1.165) is 51.0 Å². The van der Waals surface area contributed by atoms with Crippen molar-refractivity contribution in [3.63, 3.8) is 0 Å². The Morgan fingerprint density at radius 2 is 1.81 bits per heavy atom. The SMILES string of the molecule is CN(C(=O)N1CCC(n2cnc3cc(-c4ccc(C(F)(F)F)cc4)sc3c2=O)C1)C1CCN(CCCc2ccccc2)C1. The second-order valence-corrected chi connectivity index (χ2v) is 12.5. The molecule has 0 N–H and O–H groups in total. The number of likely N-dealkylation sites (N-methyl/N-ethyl adjacent to an activating group) is 1. The molecule has 2 atom stereocenters. The van der Waals surface area contributed by atoms with Crippen LogP contribution in [-0.4, -0.2) is 76.1 Å². The number of halogens is 3. The van der Waals surface area contributed by atoms with Crippen LogP contribution < -0.4 is 5.56 Å². The number of amides is 2. The van der Waals surface area contributed by atoms with Crippen molar-refractivity contribution in [2.24, 2.45) is 0 Å². The lowest BCUT2D eigenvalue weighted by atomic mass is 10.1. The number of carbonyl (C=O) groups excluding carboxylic acids is 1. The van der Waals surface area contributed by atoms with Crippen molar-refractivity contribution in [2.75, 3.05) is 39.8 Å². The molecule has 0 spiro atoms. The standard InChI is InChI=1S/C32H34F3N5O2S/c1-37(25-13-16-38(19-25)15-5-8-22-6-3-2-4-7-22)31(42)39-17-14-26(20-39)40-21-36-27-18-28(43-29(27)30(40)41)23-9-11-24(12-10-23)32(33,34)35/h2-4,6-7,9-12,18,21,25-26H,5,8,13-17,19-20H2,1H3. The smallest absolute Gasteiger partial charge is 0.323 e. The number of hydrogen-bond donors (Lipinski definition) is 0. The number of fused-ring (bicyclic) bond motifs is 1. The fourth-order valence-electron chi connectivity index (χ4n) is 6.16. The molecule has 0 radical (unpaired) electrons. The third-order valence-corrected chi connectivity index (χ3v) is 9.83. The average Bonchev–Trinajstić information content (AvgIpc) is 3.77. The number of thiophene rings is 1. The molecule has 2 saturated heterocycles. The van der Waals surface area contributed by atoms with Crippen LogP contribution in [0.3, 0.4) is 0 Å². The van der Waals surface area contributed by atoms with Crippen molar-refractivity contribution in [3.8, 4) is 10.4 Å². The highest BCUT2D eigenvalue weighted by Gasteiger charge is 2.35. The molecule has 2 amide bonds. The van der Waals surface area contributed by atoms with Crippen LogP contribution in [0.2, 0.25) is 0 Å². The average molecular weight is 610 g/mol. The monoisotopic (exact) mass is 609 g/mol. The number of alkyl halides is 3. The fourth-order valence-corrected chi connectivity index (χ4v) is 7.21. The first kappa shape index (κ1) is 29.4. The number of rotatable bonds is 7. The number of aromatic nitrogens is 2. The first-order valence-electron chi connectivity index (χ1n) is 14.6. The van der Waals surface area contributed by atoms with Crippen LogP contribution in [0.25, 0.3) is 20.7 Å². The number of urea groups is 1. The minimum Gasteiger partial charge on any atom is -0.323 e. The lowest BCUT2D eigenvalue weighted by Gasteiger charge is -2.29. The normalized spacial score (nSPS) is 19.4. The maximum Gasteiger partial charge on any atom is 0.416 e. The minimum absolute atomic E-state index is 0.0126. The Labute approximate surface area is 252 Å². The van der Waals surface area contributed by atoms with Crippen molar-refractivity contribution in [1.82, 2.24) is 24.3 Å². The quantitative estimate of drug-likeness (QED) is 0.252. The van der Waals surface area contributed by atoms with Gasteiger partial charge in [-0.1, -0.05) is 42.5 Å². The Morgan fingerprint density at radius 3 is 2.56 bits per heavy atom. The van der Waals surface area contributed by atoms with Crippen LogP contribution >= 0.6 is 11.3 Å². The van der Waals surface area contributed by atoms with Crippen molar-refractivity contribution in [2.45, 2.75) is 43.9 Å². The Hall–Kier alpha value is -3.70. The lowest BCUT2D eigenvalue weighted by Crippen LogP contribution is -2.46. The van der Waals surface area contributed by atoms with Gasteiger partial charge in [0.2, 0.25) is 0 Å². The van der Waals surface area contributed by atoms with Crippen molar-refractivity contribution < 1.29 is 18.0 Å². The summed E-state index contributed by atoms with van der Waals surface area (Å²) in [6, 6.07) is 17.1. The summed E-state index contributed by atoms with van der Waals surface area (Å²) in [5.41, 5.74) is 1.56. The first-order chi connectivity index (χ1) is 20.7. The van der Waals surface area contributed by atoms with E-state index in [1.54, 1.807) is 10.6 Å². The van der Waals surface area contributed by atoms with E-state index >= 15 is 0 Å². The fraction of sp³-hybridized carbons (Fsp3) is 0.406. The number of aryl methyl sites for hydroxylation is 1. The van der Waals surface area contributed by atoms with Crippen LogP contribution in [0.15, 0.2) is 71.8 Å². The molecule has 6 rings (SSSR count). The van der Waals surface area contributed by atoms with E-state index < -0.39 is 11.7 Å². The summed E-state index contributed by atoms with van der Waals surface area (Å²) >= 11 is 1.23. The van der Waals surface area contributed by atoms with E-state index in [0.29, 0.717) is 40.2 Å². The molecule has 11 heteroatoms.